The minimum atomic E-state index is -0.154. The molecular weight excluding hydrogens is 282 g/mol. The van der Waals surface area contributed by atoms with E-state index in [0.717, 1.165) is 4.88 Å². The molecule has 0 aliphatic heterocycles. The fraction of sp³-hybridized carbons (Fsp3) is 0.250. The summed E-state index contributed by atoms with van der Waals surface area (Å²) < 4.78 is 0. The van der Waals surface area contributed by atoms with Crippen LogP contribution in [-0.4, -0.2) is 23.3 Å². The highest BCUT2D eigenvalue weighted by molar-refractivity contribution is 7.15. The zero-order chi connectivity index (χ0) is 13.7. The van der Waals surface area contributed by atoms with E-state index >= 15 is 0 Å². The number of carbonyl (C=O) groups is 2. The molecule has 0 spiro atoms. The maximum Gasteiger partial charge on any atom is 0.252 e. The predicted molar refractivity (Wildman–Crippen MR) is 76.7 cm³/mol. The number of nitrogens with zero attached hydrogens (tertiary/aromatic N) is 1. The van der Waals surface area contributed by atoms with Gasteiger partial charge in [0.1, 0.15) is 0 Å². The van der Waals surface area contributed by atoms with E-state index in [1.54, 1.807) is 17.6 Å². The standard InChI is InChI=1S/C12H13N3O2S2/c1-8-6-14-12(19-8)15-10(16)2-4-13-11(17)9-3-5-18-7-9/h3,5-7H,2,4H2,1H3,(H,13,17)(H,14,15,16). The molecule has 0 aliphatic rings. The van der Waals surface area contributed by atoms with Crippen LogP contribution < -0.4 is 10.6 Å². The molecule has 100 valence electrons. The topological polar surface area (TPSA) is 71.1 Å². The van der Waals surface area contributed by atoms with Crippen molar-refractivity contribution in [3.63, 3.8) is 0 Å². The number of aromatic nitrogens is 1. The number of thiophene rings is 1. The summed E-state index contributed by atoms with van der Waals surface area (Å²) in [6.45, 7) is 2.24. The molecule has 2 aromatic heterocycles. The van der Waals surface area contributed by atoms with E-state index in [9.17, 15) is 9.59 Å². The van der Waals surface area contributed by atoms with Crippen LogP contribution >= 0.6 is 22.7 Å². The lowest BCUT2D eigenvalue weighted by Crippen LogP contribution is -2.27. The molecule has 5 nitrogen and oxygen atoms in total. The van der Waals surface area contributed by atoms with Crippen LogP contribution in [0.1, 0.15) is 21.7 Å². The summed E-state index contributed by atoms with van der Waals surface area (Å²) in [5.74, 6) is -0.306. The second kappa shape index (κ2) is 6.44. The highest BCUT2D eigenvalue weighted by atomic mass is 32.1. The van der Waals surface area contributed by atoms with Gasteiger partial charge < -0.3 is 10.6 Å². The van der Waals surface area contributed by atoms with E-state index in [-0.39, 0.29) is 18.2 Å². The molecule has 0 aromatic carbocycles. The van der Waals surface area contributed by atoms with E-state index in [4.69, 9.17) is 0 Å². The lowest BCUT2D eigenvalue weighted by atomic mass is 10.3. The minimum Gasteiger partial charge on any atom is -0.351 e. The highest BCUT2D eigenvalue weighted by Crippen LogP contribution is 2.16. The van der Waals surface area contributed by atoms with E-state index in [2.05, 4.69) is 15.6 Å². The number of nitrogens with one attached hydrogen (secondary N) is 2. The first-order chi connectivity index (χ1) is 9.15. The molecule has 19 heavy (non-hydrogen) atoms. The van der Waals surface area contributed by atoms with Crippen LogP contribution in [0.3, 0.4) is 0 Å². The SMILES string of the molecule is Cc1cnc(NC(=O)CCNC(=O)c2ccsc2)s1. The van der Waals surface area contributed by atoms with Crippen molar-refractivity contribution < 1.29 is 9.59 Å². The summed E-state index contributed by atoms with van der Waals surface area (Å²) in [4.78, 5) is 28.3. The summed E-state index contributed by atoms with van der Waals surface area (Å²) in [5.41, 5.74) is 0.626. The summed E-state index contributed by atoms with van der Waals surface area (Å²) >= 11 is 2.89. The number of hydrogen-bond donors (Lipinski definition) is 2. The van der Waals surface area contributed by atoms with Crippen molar-refractivity contribution >= 4 is 39.6 Å². The first-order valence-electron chi connectivity index (χ1n) is 5.68. The van der Waals surface area contributed by atoms with Crippen molar-refractivity contribution in [1.82, 2.24) is 10.3 Å². The lowest BCUT2D eigenvalue weighted by molar-refractivity contribution is -0.116. The zero-order valence-electron chi connectivity index (χ0n) is 10.3. The number of aryl methyl sites for hydroxylation is 1. The first-order valence-corrected chi connectivity index (χ1v) is 7.44. The maximum atomic E-state index is 11.6. The Morgan fingerprint density at radius 1 is 1.42 bits per heavy atom. The van der Waals surface area contributed by atoms with Crippen LogP contribution in [0.2, 0.25) is 0 Å². The van der Waals surface area contributed by atoms with Crippen LogP contribution in [0.4, 0.5) is 5.13 Å². The fourth-order valence-electron chi connectivity index (χ4n) is 1.38. The highest BCUT2D eigenvalue weighted by Gasteiger charge is 2.08. The molecular formula is C12H13N3O2S2. The second-order valence-corrected chi connectivity index (χ2v) is 5.86. The van der Waals surface area contributed by atoms with Crippen molar-refractivity contribution in [2.24, 2.45) is 0 Å². The molecule has 2 amide bonds. The number of thiazole rings is 1. The van der Waals surface area contributed by atoms with Gasteiger partial charge in [-0.2, -0.15) is 11.3 Å². The number of rotatable bonds is 5. The molecule has 0 aliphatic carbocycles. The molecule has 2 heterocycles. The van der Waals surface area contributed by atoms with E-state index in [1.165, 1.54) is 22.7 Å². The Morgan fingerprint density at radius 2 is 2.26 bits per heavy atom. The molecule has 2 rings (SSSR count). The van der Waals surface area contributed by atoms with E-state index < -0.39 is 0 Å². The molecule has 0 fully saturated rings. The monoisotopic (exact) mass is 295 g/mol. The van der Waals surface area contributed by atoms with E-state index in [0.29, 0.717) is 17.2 Å². The van der Waals surface area contributed by atoms with Gasteiger partial charge in [-0.3, -0.25) is 9.59 Å². The van der Waals surface area contributed by atoms with Crippen LogP contribution in [0, 0.1) is 6.92 Å². The van der Waals surface area contributed by atoms with Crippen molar-refractivity contribution in [3.8, 4) is 0 Å². The molecule has 0 saturated carbocycles. The Kier molecular flexibility index (Phi) is 4.64. The van der Waals surface area contributed by atoms with Crippen molar-refractivity contribution in [1.29, 1.82) is 0 Å². The van der Waals surface area contributed by atoms with Gasteiger partial charge in [0.05, 0.1) is 0 Å². The molecule has 2 N–H and O–H groups in total. The van der Waals surface area contributed by atoms with Crippen molar-refractivity contribution in [2.45, 2.75) is 13.3 Å². The molecule has 2 aromatic rings. The first kappa shape index (κ1) is 13.7. The van der Waals surface area contributed by atoms with Gasteiger partial charge in [0, 0.05) is 35.0 Å². The van der Waals surface area contributed by atoms with Crippen LogP contribution in [-0.2, 0) is 4.79 Å². The summed E-state index contributed by atoms with van der Waals surface area (Å²) in [6.07, 6.45) is 1.94. The summed E-state index contributed by atoms with van der Waals surface area (Å²) in [7, 11) is 0. The normalized spacial score (nSPS) is 10.2. The van der Waals surface area contributed by atoms with Gasteiger partial charge in [-0.05, 0) is 18.4 Å². The number of amides is 2. The third-order valence-corrected chi connectivity index (χ3v) is 3.80. The van der Waals surface area contributed by atoms with Gasteiger partial charge in [-0.15, -0.1) is 11.3 Å². The summed E-state index contributed by atoms with van der Waals surface area (Å²) in [6, 6.07) is 1.75. The molecule has 0 unspecified atom stereocenters. The Hall–Kier alpha value is -1.73. The average molecular weight is 295 g/mol. The van der Waals surface area contributed by atoms with Gasteiger partial charge in [0.15, 0.2) is 5.13 Å². The van der Waals surface area contributed by atoms with Gasteiger partial charge in [0.25, 0.3) is 5.91 Å². The summed E-state index contributed by atoms with van der Waals surface area (Å²) in [5, 5.41) is 9.59. The van der Waals surface area contributed by atoms with Crippen LogP contribution in [0.15, 0.2) is 23.0 Å². The van der Waals surface area contributed by atoms with E-state index in [1.807, 2.05) is 12.3 Å². The fourth-order valence-corrected chi connectivity index (χ4v) is 2.70. The molecule has 0 radical (unpaired) electrons. The van der Waals surface area contributed by atoms with Crippen LogP contribution in [0.5, 0.6) is 0 Å². The minimum absolute atomic E-state index is 0.153. The van der Waals surface area contributed by atoms with Gasteiger partial charge >= 0.3 is 0 Å². The second-order valence-electron chi connectivity index (χ2n) is 3.84. The average Bonchev–Trinajstić information content (AvgIpc) is 3.00. The number of carbonyl (C=O) groups excluding carboxylic acids is 2. The maximum absolute atomic E-state index is 11.6. The number of anilines is 1. The molecule has 0 bridgehead atoms. The van der Waals surface area contributed by atoms with Gasteiger partial charge in [-0.25, -0.2) is 4.98 Å². The lowest BCUT2D eigenvalue weighted by Gasteiger charge is -2.03. The third kappa shape index (κ3) is 4.15. The zero-order valence-corrected chi connectivity index (χ0v) is 11.9. The largest absolute Gasteiger partial charge is 0.351 e. The molecule has 0 atom stereocenters. The Morgan fingerprint density at radius 3 is 2.89 bits per heavy atom. The number of hydrogen-bond acceptors (Lipinski definition) is 5. The Bertz CT molecular complexity index is 563. The Balaban J connectivity index is 1.71. The third-order valence-electron chi connectivity index (χ3n) is 2.29. The van der Waals surface area contributed by atoms with Crippen molar-refractivity contribution in [3.05, 3.63) is 33.5 Å². The van der Waals surface area contributed by atoms with Crippen LogP contribution in [0.25, 0.3) is 0 Å². The van der Waals surface area contributed by atoms with Gasteiger partial charge in [-0.1, -0.05) is 0 Å². The predicted octanol–water partition coefficient (Wildman–Crippen LogP) is 2.27. The molecule has 7 heteroatoms. The quantitative estimate of drug-likeness (QED) is 0.889. The van der Waals surface area contributed by atoms with Gasteiger partial charge in [0.2, 0.25) is 5.91 Å². The molecule has 0 saturated heterocycles. The van der Waals surface area contributed by atoms with Crippen molar-refractivity contribution in [2.75, 3.05) is 11.9 Å². The Labute approximate surface area is 118 Å². The smallest absolute Gasteiger partial charge is 0.252 e.